The Morgan fingerprint density at radius 2 is 2.08 bits per heavy atom. The van der Waals surface area contributed by atoms with Crippen molar-refractivity contribution in [1.29, 1.82) is 0 Å². The van der Waals surface area contributed by atoms with E-state index in [0.29, 0.717) is 12.6 Å². The quantitative estimate of drug-likeness (QED) is 0.397. The van der Waals surface area contributed by atoms with Crippen LogP contribution in [0, 0.1) is 13.8 Å². The molecule has 0 unspecified atom stereocenters. The van der Waals surface area contributed by atoms with Crippen LogP contribution in [0.25, 0.3) is 0 Å². The Hall–Kier alpha value is -1.16. The predicted octanol–water partition coefficient (Wildman–Crippen LogP) is 3.29. The molecular weight excluding hydrogens is 447 g/mol. The first-order valence-electron chi connectivity index (χ1n) is 8.56. The highest BCUT2D eigenvalue weighted by atomic mass is 127. The third-order valence-corrected chi connectivity index (χ3v) is 5.66. The summed E-state index contributed by atoms with van der Waals surface area (Å²) in [5, 5.41) is 17.5. The summed E-state index contributed by atoms with van der Waals surface area (Å²) in [6, 6.07) is 2.69. The van der Waals surface area contributed by atoms with Gasteiger partial charge in [-0.1, -0.05) is 12.8 Å². The summed E-state index contributed by atoms with van der Waals surface area (Å²) in [5.41, 5.74) is 1.33. The molecule has 2 aromatic rings. The number of rotatable bonds is 5. The van der Waals surface area contributed by atoms with Crippen molar-refractivity contribution in [2.24, 2.45) is 12.0 Å². The first kappa shape index (κ1) is 20.2. The van der Waals surface area contributed by atoms with Gasteiger partial charge in [0.1, 0.15) is 12.4 Å². The van der Waals surface area contributed by atoms with E-state index in [1.54, 1.807) is 11.3 Å². The van der Waals surface area contributed by atoms with Gasteiger partial charge in [-0.3, -0.25) is 0 Å². The van der Waals surface area contributed by atoms with Crippen LogP contribution in [0.3, 0.4) is 0 Å². The molecule has 1 aliphatic carbocycles. The number of guanidine groups is 1. The lowest BCUT2D eigenvalue weighted by Gasteiger charge is -2.17. The lowest BCUT2D eigenvalue weighted by atomic mass is 10.2. The van der Waals surface area contributed by atoms with Crippen LogP contribution >= 0.6 is 35.3 Å². The minimum atomic E-state index is 0. The number of aromatic nitrogens is 3. The van der Waals surface area contributed by atoms with Crippen molar-refractivity contribution < 1.29 is 0 Å². The van der Waals surface area contributed by atoms with Crippen molar-refractivity contribution in [2.75, 3.05) is 0 Å². The Morgan fingerprint density at radius 1 is 1.32 bits per heavy atom. The van der Waals surface area contributed by atoms with Crippen molar-refractivity contribution >= 4 is 41.3 Å². The molecule has 138 valence electrons. The summed E-state index contributed by atoms with van der Waals surface area (Å²) in [6.45, 7) is 5.44. The van der Waals surface area contributed by atoms with Crippen LogP contribution in [0.1, 0.15) is 47.8 Å². The molecule has 0 spiro atoms. The lowest BCUT2D eigenvalue weighted by Crippen LogP contribution is -2.42. The van der Waals surface area contributed by atoms with Crippen LogP contribution in [-0.4, -0.2) is 26.8 Å². The molecule has 0 saturated heterocycles. The third-order valence-electron chi connectivity index (χ3n) is 4.64. The maximum Gasteiger partial charge on any atom is 0.192 e. The normalized spacial score (nSPS) is 15.2. The molecule has 1 saturated carbocycles. The number of hydrogen-bond acceptors (Lipinski definition) is 4. The van der Waals surface area contributed by atoms with Crippen LogP contribution < -0.4 is 10.6 Å². The van der Waals surface area contributed by atoms with E-state index in [1.165, 1.54) is 36.1 Å². The van der Waals surface area contributed by atoms with Crippen molar-refractivity contribution in [2.45, 2.75) is 58.7 Å². The van der Waals surface area contributed by atoms with E-state index in [1.807, 2.05) is 18.5 Å². The summed E-state index contributed by atoms with van der Waals surface area (Å²) < 4.78 is 1.99. The van der Waals surface area contributed by atoms with Crippen molar-refractivity contribution in [1.82, 2.24) is 25.4 Å². The van der Waals surface area contributed by atoms with Crippen molar-refractivity contribution in [3.05, 3.63) is 33.5 Å². The number of aryl methyl sites for hydroxylation is 2. The molecule has 25 heavy (non-hydrogen) atoms. The second-order valence-electron chi connectivity index (χ2n) is 6.39. The van der Waals surface area contributed by atoms with Gasteiger partial charge in [-0.25, -0.2) is 4.99 Å². The summed E-state index contributed by atoms with van der Waals surface area (Å²) in [7, 11) is 1.98. The van der Waals surface area contributed by atoms with Crippen LogP contribution in [-0.2, 0) is 20.1 Å². The smallest absolute Gasteiger partial charge is 0.192 e. The Balaban J connectivity index is 0.00000225. The summed E-state index contributed by atoms with van der Waals surface area (Å²) >= 11 is 1.78. The highest BCUT2D eigenvalue weighted by molar-refractivity contribution is 14.0. The van der Waals surface area contributed by atoms with Gasteiger partial charge >= 0.3 is 0 Å². The monoisotopic (exact) mass is 474 g/mol. The molecular formula is C17H27IN6S. The van der Waals surface area contributed by atoms with E-state index in [2.05, 4.69) is 39.2 Å². The van der Waals surface area contributed by atoms with Crippen LogP contribution in [0.5, 0.6) is 0 Å². The SMILES string of the molecule is Cc1ccsc1CNC(=NCc1nnc(C)n1C)NC1CCCC1.I. The molecule has 8 heteroatoms. The van der Waals surface area contributed by atoms with E-state index >= 15 is 0 Å². The molecule has 0 radical (unpaired) electrons. The first-order valence-corrected chi connectivity index (χ1v) is 9.44. The minimum Gasteiger partial charge on any atom is -0.354 e. The number of nitrogens with one attached hydrogen (secondary N) is 2. The average Bonchev–Trinajstić information content (AvgIpc) is 3.28. The molecule has 0 amide bonds. The van der Waals surface area contributed by atoms with Gasteiger partial charge < -0.3 is 15.2 Å². The second-order valence-corrected chi connectivity index (χ2v) is 7.39. The summed E-state index contributed by atoms with van der Waals surface area (Å²) in [5.74, 6) is 2.66. The van der Waals surface area contributed by atoms with Crippen molar-refractivity contribution in [3.63, 3.8) is 0 Å². The van der Waals surface area contributed by atoms with Gasteiger partial charge in [0.2, 0.25) is 0 Å². The largest absolute Gasteiger partial charge is 0.354 e. The zero-order valence-corrected chi connectivity index (χ0v) is 18.2. The molecule has 6 nitrogen and oxygen atoms in total. The summed E-state index contributed by atoms with van der Waals surface area (Å²) in [4.78, 5) is 6.09. The number of hydrogen-bond donors (Lipinski definition) is 2. The number of halogens is 1. The Kier molecular flexibility index (Phi) is 7.67. The van der Waals surface area contributed by atoms with Crippen LogP contribution in [0.4, 0.5) is 0 Å². The van der Waals surface area contributed by atoms with E-state index < -0.39 is 0 Å². The van der Waals surface area contributed by atoms with Gasteiger partial charge in [0.05, 0.1) is 6.54 Å². The van der Waals surface area contributed by atoms with E-state index in [9.17, 15) is 0 Å². The van der Waals surface area contributed by atoms with E-state index in [-0.39, 0.29) is 24.0 Å². The number of nitrogens with zero attached hydrogens (tertiary/aromatic N) is 4. The zero-order chi connectivity index (χ0) is 16.9. The van der Waals surface area contributed by atoms with Gasteiger partial charge in [0.15, 0.2) is 11.8 Å². The second kappa shape index (κ2) is 9.51. The zero-order valence-electron chi connectivity index (χ0n) is 15.1. The summed E-state index contributed by atoms with van der Waals surface area (Å²) in [6.07, 6.45) is 5.05. The molecule has 3 rings (SSSR count). The number of aliphatic imine (C=N–C) groups is 1. The van der Waals surface area contributed by atoms with Gasteiger partial charge in [-0.15, -0.1) is 45.5 Å². The van der Waals surface area contributed by atoms with E-state index in [4.69, 9.17) is 4.99 Å². The van der Waals surface area contributed by atoms with Gasteiger partial charge in [-0.2, -0.15) is 0 Å². The predicted molar refractivity (Wildman–Crippen MR) is 114 cm³/mol. The minimum absolute atomic E-state index is 0. The van der Waals surface area contributed by atoms with Gasteiger partial charge in [0.25, 0.3) is 0 Å². The highest BCUT2D eigenvalue weighted by Gasteiger charge is 2.16. The maximum absolute atomic E-state index is 4.74. The third kappa shape index (κ3) is 5.40. The van der Waals surface area contributed by atoms with Crippen LogP contribution in [0.15, 0.2) is 16.4 Å². The molecule has 2 aromatic heterocycles. The molecule has 0 atom stereocenters. The lowest BCUT2D eigenvalue weighted by molar-refractivity contribution is 0.610. The Labute approximate surface area is 170 Å². The van der Waals surface area contributed by atoms with Gasteiger partial charge in [-0.05, 0) is 43.7 Å². The highest BCUT2D eigenvalue weighted by Crippen LogP contribution is 2.18. The fourth-order valence-corrected chi connectivity index (χ4v) is 3.75. The molecule has 1 fully saturated rings. The molecule has 2 heterocycles. The average molecular weight is 474 g/mol. The molecule has 2 N–H and O–H groups in total. The standard InChI is InChI=1S/C17H26N6S.HI/c1-12-8-9-24-15(12)10-18-17(20-14-6-4-5-7-14)19-11-16-22-21-13(2)23(16)3;/h8-9,14H,4-7,10-11H2,1-3H3,(H2,18,19,20);1H. The fraction of sp³-hybridized carbons (Fsp3) is 0.588. The molecule has 0 bridgehead atoms. The molecule has 0 aromatic carbocycles. The molecule has 1 aliphatic rings. The first-order chi connectivity index (χ1) is 11.6. The van der Waals surface area contributed by atoms with Crippen LogP contribution in [0.2, 0.25) is 0 Å². The Bertz CT molecular complexity index is 702. The number of thiophene rings is 1. The topological polar surface area (TPSA) is 67.1 Å². The molecule has 0 aliphatic heterocycles. The fourth-order valence-electron chi connectivity index (χ4n) is 2.90. The Morgan fingerprint density at radius 3 is 2.68 bits per heavy atom. The maximum atomic E-state index is 4.74. The van der Waals surface area contributed by atoms with Gasteiger partial charge in [0, 0.05) is 18.0 Å². The van der Waals surface area contributed by atoms with Crippen molar-refractivity contribution in [3.8, 4) is 0 Å². The van der Waals surface area contributed by atoms with E-state index in [0.717, 1.165) is 24.2 Å².